The molecular weight excluding hydrogens is 278 g/mol. The summed E-state index contributed by atoms with van der Waals surface area (Å²) >= 11 is 0. The Labute approximate surface area is 134 Å². The van der Waals surface area contributed by atoms with Crippen molar-refractivity contribution in [2.45, 2.75) is 45.6 Å². The van der Waals surface area contributed by atoms with E-state index in [9.17, 15) is 9.90 Å². The standard InChI is InChI=1S/C18H29NO3/c1-5-18(4,21)16(15-11-9-8-10-12-15)17(20)22-14-13-19(6-2)7-3/h8-12,16,21H,5-7,13-14H2,1-4H3. The van der Waals surface area contributed by atoms with Gasteiger partial charge < -0.3 is 14.7 Å². The number of aliphatic hydroxyl groups is 1. The number of ether oxygens (including phenoxy) is 1. The van der Waals surface area contributed by atoms with Crippen LogP contribution in [0.3, 0.4) is 0 Å². The highest BCUT2D eigenvalue weighted by molar-refractivity contribution is 5.79. The summed E-state index contributed by atoms with van der Waals surface area (Å²) in [4.78, 5) is 14.7. The summed E-state index contributed by atoms with van der Waals surface area (Å²) in [7, 11) is 0. The molecule has 4 heteroatoms. The van der Waals surface area contributed by atoms with Gasteiger partial charge in [0.1, 0.15) is 12.5 Å². The molecule has 0 saturated heterocycles. The number of esters is 1. The first-order chi connectivity index (χ1) is 10.5. The molecule has 2 atom stereocenters. The van der Waals surface area contributed by atoms with Crippen LogP contribution in [0.4, 0.5) is 0 Å². The zero-order valence-electron chi connectivity index (χ0n) is 14.2. The van der Waals surface area contributed by atoms with E-state index < -0.39 is 11.5 Å². The van der Waals surface area contributed by atoms with Crippen molar-refractivity contribution in [1.29, 1.82) is 0 Å². The number of carbonyl (C=O) groups is 1. The number of hydrogen-bond acceptors (Lipinski definition) is 4. The van der Waals surface area contributed by atoms with Crippen LogP contribution in [0, 0.1) is 0 Å². The van der Waals surface area contributed by atoms with Crippen LogP contribution in [0.15, 0.2) is 30.3 Å². The Morgan fingerprint density at radius 1 is 1.23 bits per heavy atom. The van der Waals surface area contributed by atoms with E-state index >= 15 is 0 Å². The van der Waals surface area contributed by atoms with Gasteiger partial charge in [0.25, 0.3) is 0 Å². The van der Waals surface area contributed by atoms with Gasteiger partial charge in [0, 0.05) is 6.54 Å². The third kappa shape index (κ3) is 5.11. The summed E-state index contributed by atoms with van der Waals surface area (Å²) in [5.74, 6) is -1.01. The lowest BCUT2D eigenvalue weighted by Gasteiger charge is -2.31. The van der Waals surface area contributed by atoms with Crippen molar-refractivity contribution in [1.82, 2.24) is 4.90 Å². The number of hydrogen-bond donors (Lipinski definition) is 1. The van der Waals surface area contributed by atoms with Crippen LogP contribution in [-0.4, -0.2) is 47.8 Å². The third-order valence-electron chi connectivity index (χ3n) is 4.25. The molecule has 4 nitrogen and oxygen atoms in total. The van der Waals surface area contributed by atoms with Gasteiger partial charge in [-0.3, -0.25) is 4.79 Å². The second kappa shape index (κ2) is 8.91. The Balaban J connectivity index is 2.78. The molecule has 0 heterocycles. The van der Waals surface area contributed by atoms with Gasteiger partial charge in [-0.1, -0.05) is 51.1 Å². The molecule has 0 aliphatic rings. The Kier molecular flexibility index (Phi) is 7.56. The lowest BCUT2D eigenvalue weighted by Crippen LogP contribution is -2.39. The summed E-state index contributed by atoms with van der Waals surface area (Å²) in [5.41, 5.74) is -0.324. The maximum absolute atomic E-state index is 12.5. The molecule has 22 heavy (non-hydrogen) atoms. The highest BCUT2D eigenvalue weighted by Gasteiger charge is 2.38. The van der Waals surface area contributed by atoms with Crippen LogP contribution >= 0.6 is 0 Å². The fourth-order valence-corrected chi connectivity index (χ4v) is 2.50. The summed E-state index contributed by atoms with van der Waals surface area (Å²) < 4.78 is 5.44. The van der Waals surface area contributed by atoms with Crippen molar-refractivity contribution < 1.29 is 14.6 Å². The van der Waals surface area contributed by atoms with E-state index in [0.717, 1.165) is 18.7 Å². The molecule has 1 rings (SSSR count). The van der Waals surface area contributed by atoms with Crippen LogP contribution in [0.2, 0.25) is 0 Å². The molecule has 0 aliphatic heterocycles. The fraction of sp³-hybridized carbons (Fsp3) is 0.611. The molecular formula is C18H29NO3. The summed E-state index contributed by atoms with van der Waals surface area (Å²) in [6.07, 6.45) is 0.484. The average Bonchev–Trinajstić information content (AvgIpc) is 2.52. The van der Waals surface area contributed by atoms with Crippen molar-refractivity contribution >= 4 is 5.97 Å². The first-order valence-electron chi connectivity index (χ1n) is 8.12. The van der Waals surface area contributed by atoms with Gasteiger partial charge >= 0.3 is 5.97 Å². The van der Waals surface area contributed by atoms with Crippen molar-refractivity contribution in [2.75, 3.05) is 26.2 Å². The van der Waals surface area contributed by atoms with E-state index in [1.54, 1.807) is 6.92 Å². The number of carbonyl (C=O) groups excluding carboxylic acids is 1. The number of likely N-dealkylation sites (N-methyl/N-ethyl adjacent to an activating group) is 1. The van der Waals surface area contributed by atoms with E-state index in [2.05, 4.69) is 18.7 Å². The molecule has 0 bridgehead atoms. The molecule has 0 aliphatic carbocycles. The van der Waals surface area contributed by atoms with Crippen molar-refractivity contribution in [2.24, 2.45) is 0 Å². The normalized spacial score (nSPS) is 15.4. The van der Waals surface area contributed by atoms with Crippen LogP contribution < -0.4 is 0 Å². The van der Waals surface area contributed by atoms with Gasteiger partial charge in [0.15, 0.2) is 0 Å². The van der Waals surface area contributed by atoms with Gasteiger partial charge in [-0.2, -0.15) is 0 Å². The van der Waals surface area contributed by atoms with Crippen LogP contribution in [0.25, 0.3) is 0 Å². The Morgan fingerprint density at radius 2 is 1.82 bits per heavy atom. The van der Waals surface area contributed by atoms with Crippen molar-refractivity contribution in [3.63, 3.8) is 0 Å². The van der Waals surface area contributed by atoms with E-state index in [-0.39, 0.29) is 5.97 Å². The Hall–Kier alpha value is -1.39. The van der Waals surface area contributed by atoms with Crippen molar-refractivity contribution in [3.8, 4) is 0 Å². The molecule has 1 N–H and O–H groups in total. The monoisotopic (exact) mass is 307 g/mol. The predicted octanol–water partition coefficient (Wildman–Crippen LogP) is 2.82. The molecule has 0 saturated carbocycles. The molecule has 0 aromatic heterocycles. The second-order valence-electron chi connectivity index (χ2n) is 5.75. The average molecular weight is 307 g/mol. The van der Waals surface area contributed by atoms with Gasteiger partial charge in [0.2, 0.25) is 0 Å². The highest BCUT2D eigenvalue weighted by Crippen LogP contribution is 2.32. The largest absolute Gasteiger partial charge is 0.464 e. The van der Waals surface area contributed by atoms with Gasteiger partial charge in [-0.25, -0.2) is 0 Å². The van der Waals surface area contributed by atoms with Crippen LogP contribution in [-0.2, 0) is 9.53 Å². The summed E-state index contributed by atoms with van der Waals surface area (Å²) in [5, 5.41) is 10.6. The second-order valence-corrected chi connectivity index (χ2v) is 5.75. The lowest BCUT2D eigenvalue weighted by atomic mass is 9.81. The summed E-state index contributed by atoms with van der Waals surface area (Å²) in [6.45, 7) is 10.7. The maximum atomic E-state index is 12.5. The first-order valence-corrected chi connectivity index (χ1v) is 8.12. The van der Waals surface area contributed by atoms with E-state index in [1.165, 1.54) is 0 Å². The maximum Gasteiger partial charge on any atom is 0.316 e. The quantitative estimate of drug-likeness (QED) is 0.713. The number of rotatable bonds is 9. The molecule has 124 valence electrons. The molecule has 0 spiro atoms. The van der Waals surface area contributed by atoms with Crippen LogP contribution in [0.5, 0.6) is 0 Å². The minimum absolute atomic E-state index is 0.351. The van der Waals surface area contributed by atoms with Gasteiger partial charge in [-0.05, 0) is 32.0 Å². The molecule has 0 fully saturated rings. The zero-order valence-corrected chi connectivity index (χ0v) is 14.2. The first kappa shape index (κ1) is 18.7. The Morgan fingerprint density at radius 3 is 2.32 bits per heavy atom. The lowest BCUT2D eigenvalue weighted by molar-refractivity contribution is -0.152. The smallest absolute Gasteiger partial charge is 0.316 e. The minimum Gasteiger partial charge on any atom is -0.464 e. The molecule has 0 radical (unpaired) electrons. The highest BCUT2D eigenvalue weighted by atomic mass is 16.5. The van der Waals surface area contributed by atoms with E-state index in [4.69, 9.17) is 4.74 Å². The minimum atomic E-state index is -1.12. The molecule has 1 aromatic carbocycles. The van der Waals surface area contributed by atoms with Crippen molar-refractivity contribution in [3.05, 3.63) is 35.9 Å². The number of nitrogens with zero attached hydrogens (tertiary/aromatic N) is 1. The topological polar surface area (TPSA) is 49.8 Å². The van der Waals surface area contributed by atoms with Gasteiger partial charge in [-0.15, -0.1) is 0 Å². The zero-order chi connectivity index (χ0) is 16.6. The number of benzene rings is 1. The SMILES string of the molecule is CCN(CC)CCOC(=O)C(c1ccccc1)C(C)(O)CC. The van der Waals surface area contributed by atoms with Gasteiger partial charge in [0.05, 0.1) is 5.60 Å². The van der Waals surface area contributed by atoms with E-state index in [1.807, 2.05) is 37.3 Å². The van der Waals surface area contributed by atoms with Crippen LogP contribution in [0.1, 0.15) is 45.6 Å². The predicted molar refractivity (Wildman–Crippen MR) is 88.8 cm³/mol. The Bertz CT molecular complexity index is 441. The third-order valence-corrected chi connectivity index (χ3v) is 4.25. The summed E-state index contributed by atoms with van der Waals surface area (Å²) in [6, 6.07) is 9.36. The molecule has 1 aromatic rings. The molecule has 0 amide bonds. The van der Waals surface area contributed by atoms with E-state index in [0.29, 0.717) is 19.6 Å². The molecule has 2 unspecified atom stereocenters. The fourth-order valence-electron chi connectivity index (χ4n) is 2.50.